The standard InChI is InChI=1S/C15H20N2O4/c1-3-13-15(19)16-8-9-17(13)14(18)10-21-12-6-4-11(20-2)5-7-12/h4-7,13H,3,8-10H2,1-2H3,(H,16,19). The van der Waals surface area contributed by atoms with Crippen LogP contribution >= 0.6 is 0 Å². The lowest BCUT2D eigenvalue weighted by Crippen LogP contribution is -2.57. The second-order valence-electron chi connectivity index (χ2n) is 4.77. The molecular formula is C15H20N2O4. The van der Waals surface area contributed by atoms with Gasteiger partial charge in [0.2, 0.25) is 5.91 Å². The first kappa shape index (κ1) is 15.2. The number of hydrogen-bond donors (Lipinski definition) is 1. The number of nitrogens with zero attached hydrogens (tertiary/aromatic N) is 1. The Morgan fingerprint density at radius 1 is 1.33 bits per heavy atom. The van der Waals surface area contributed by atoms with Crippen LogP contribution < -0.4 is 14.8 Å². The van der Waals surface area contributed by atoms with Crippen molar-refractivity contribution in [2.24, 2.45) is 0 Å². The Kier molecular flexibility index (Phi) is 5.03. The molecule has 0 radical (unpaired) electrons. The second kappa shape index (κ2) is 6.97. The van der Waals surface area contributed by atoms with Crippen molar-refractivity contribution in [3.8, 4) is 11.5 Å². The van der Waals surface area contributed by atoms with E-state index in [1.54, 1.807) is 36.3 Å². The third-order valence-corrected chi connectivity index (χ3v) is 3.46. The molecule has 1 N–H and O–H groups in total. The van der Waals surface area contributed by atoms with Crippen LogP contribution in [0.25, 0.3) is 0 Å². The maximum atomic E-state index is 12.2. The fraction of sp³-hybridized carbons (Fsp3) is 0.467. The van der Waals surface area contributed by atoms with Gasteiger partial charge in [0, 0.05) is 13.1 Å². The van der Waals surface area contributed by atoms with Crippen molar-refractivity contribution in [1.82, 2.24) is 10.2 Å². The van der Waals surface area contributed by atoms with Crippen molar-refractivity contribution in [2.45, 2.75) is 19.4 Å². The summed E-state index contributed by atoms with van der Waals surface area (Å²) in [5, 5.41) is 2.77. The first-order chi connectivity index (χ1) is 10.2. The summed E-state index contributed by atoms with van der Waals surface area (Å²) in [6.45, 7) is 2.83. The van der Waals surface area contributed by atoms with E-state index in [9.17, 15) is 9.59 Å². The van der Waals surface area contributed by atoms with Crippen molar-refractivity contribution in [3.63, 3.8) is 0 Å². The van der Waals surface area contributed by atoms with Gasteiger partial charge in [-0.1, -0.05) is 6.92 Å². The van der Waals surface area contributed by atoms with Crippen molar-refractivity contribution < 1.29 is 19.1 Å². The summed E-state index contributed by atoms with van der Waals surface area (Å²) in [4.78, 5) is 25.5. The van der Waals surface area contributed by atoms with Gasteiger partial charge >= 0.3 is 0 Å². The summed E-state index contributed by atoms with van der Waals surface area (Å²) >= 11 is 0. The number of hydrogen-bond acceptors (Lipinski definition) is 4. The van der Waals surface area contributed by atoms with E-state index in [0.29, 0.717) is 25.3 Å². The van der Waals surface area contributed by atoms with Crippen LogP contribution in [0.1, 0.15) is 13.3 Å². The van der Waals surface area contributed by atoms with Crippen LogP contribution in [0.4, 0.5) is 0 Å². The first-order valence-electron chi connectivity index (χ1n) is 6.99. The molecule has 1 aliphatic rings. The zero-order chi connectivity index (χ0) is 15.2. The molecule has 1 aromatic rings. The van der Waals surface area contributed by atoms with Crippen LogP contribution in [0, 0.1) is 0 Å². The lowest BCUT2D eigenvalue weighted by atomic mass is 10.1. The first-order valence-corrected chi connectivity index (χ1v) is 6.99. The molecule has 1 heterocycles. The van der Waals surface area contributed by atoms with Crippen molar-refractivity contribution in [3.05, 3.63) is 24.3 Å². The Balaban J connectivity index is 1.92. The number of benzene rings is 1. The molecular weight excluding hydrogens is 272 g/mol. The molecule has 1 aromatic carbocycles. The average Bonchev–Trinajstić information content (AvgIpc) is 2.52. The summed E-state index contributed by atoms with van der Waals surface area (Å²) in [7, 11) is 1.59. The van der Waals surface area contributed by atoms with Gasteiger partial charge in [0.05, 0.1) is 7.11 Å². The number of carbonyl (C=O) groups is 2. The minimum absolute atomic E-state index is 0.0733. The highest BCUT2D eigenvalue weighted by molar-refractivity contribution is 5.89. The topological polar surface area (TPSA) is 67.9 Å². The quantitative estimate of drug-likeness (QED) is 0.872. The van der Waals surface area contributed by atoms with Gasteiger partial charge in [-0.2, -0.15) is 0 Å². The van der Waals surface area contributed by atoms with E-state index in [0.717, 1.165) is 5.75 Å². The van der Waals surface area contributed by atoms with Gasteiger partial charge in [0.15, 0.2) is 6.61 Å². The summed E-state index contributed by atoms with van der Waals surface area (Å²) in [5.74, 6) is 1.06. The van der Waals surface area contributed by atoms with Gasteiger partial charge < -0.3 is 19.7 Å². The summed E-state index contributed by atoms with van der Waals surface area (Å²) in [6.07, 6.45) is 0.597. The van der Waals surface area contributed by atoms with E-state index in [1.807, 2.05) is 6.92 Å². The molecule has 0 spiro atoms. The zero-order valence-corrected chi connectivity index (χ0v) is 12.3. The zero-order valence-electron chi connectivity index (χ0n) is 12.3. The molecule has 2 amide bonds. The second-order valence-corrected chi connectivity index (χ2v) is 4.77. The van der Waals surface area contributed by atoms with Gasteiger partial charge in [0.25, 0.3) is 5.91 Å². The molecule has 1 fully saturated rings. The average molecular weight is 292 g/mol. The number of amides is 2. The molecule has 0 bridgehead atoms. The Morgan fingerprint density at radius 2 is 2.00 bits per heavy atom. The fourth-order valence-electron chi connectivity index (χ4n) is 2.32. The Bertz CT molecular complexity index is 501. The lowest BCUT2D eigenvalue weighted by molar-refractivity contribution is -0.144. The van der Waals surface area contributed by atoms with E-state index in [4.69, 9.17) is 9.47 Å². The van der Waals surface area contributed by atoms with Gasteiger partial charge in [-0.3, -0.25) is 9.59 Å². The summed E-state index contributed by atoms with van der Waals surface area (Å²) in [5.41, 5.74) is 0. The largest absolute Gasteiger partial charge is 0.497 e. The minimum atomic E-state index is -0.397. The van der Waals surface area contributed by atoms with Crippen LogP contribution in [0.15, 0.2) is 24.3 Å². The van der Waals surface area contributed by atoms with E-state index in [-0.39, 0.29) is 18.4 Å². The Hall–Kier alpha value is -2.24. The van der Waals surface area contributed by atoms with Gasteiger partial charge in [-0.15, -0.1) is 0 Å². The third kappa shape index (κ3) is 3.65. The summed E-state index contributed by atoms with van der Waals surface area (Å²) < 4.78 is 10.5. The van der Waals surface area contributed by atoms with Crippen LogP contribution in [0.3, 0.4) is 0 Å². The van der Waals surface area contributed by atoms with Gasteiger partial charge in [0.1, 0.15) is 17.5 Å². The van der Waals surface area contributed by atoms with Crippen molar-refractivity contribution >= 4 is 11.8 Å². The van der Waals surface area contributed by atoms with Crippen LogP contribution in [0.5, 0.6) is 11.5 Å². The van der Waals surface area contributed by atoms with Crippen molar-refractivity contribution in [1.29, 1.82) is 0 Å². The molecule has 2 rings (SSSR count). The molecule has 6 nitrogen and oxygen atoms in total. The molecule has 0 aromatic heterocycles. The Labute approximate surface area is 124 Å². The number of methoxy groups -OCH3 is 1. The van der Waals surface area contributed by atoms with Gasteiger partial charge in [-0.25, -0.2) is 0 Å². The number of ether oxygens (including phenoxy) is 2. The Morgan fingerprint density at radius 3 is 2.62 bits per heavy atom. The minimum Gasteiger partial charge on any atom is -0.497 e. The molecule has 6 heteroatoms. The molecule has 1 aliphatic heterocycles. The molecule has 1 unspecified atom stereocenters. The van der Waals surface area contributed by atoms with E-state index in [1.165, 1.54) is 0 Å². The van der Waals surface area contributed by atoms with Crippen LogP contribution in [-0.2, 0) is 9.59 Å². The fourth-order valence-corrected chi connectivity index (χ4v) is 2.32. The van der Waals surface area contributed by atoms with Crippen molar-refractivity contribution in [2.75, 3.05) is 26.8 Å². The molecule has 21 heavy (non-hydrogen) atoms. The molecule has 0 aliphatic carbocycles. The maximum absolute atomic E-state index is 12.2. The van der Waals surface area contributed by atoms with E-state index >= 15 is 0 Å². The van der Waals surface area contributed by atoms with Gasteiger partial charge in [-0.05, 0) is 30.7 Å². The number of rotatable bonds is 5. The number of carbonyl (C=O) groups excluding carboxylic acids is 2. The van der Waals surface area contributed by atoms with E-state index in [2.05, 4.69) is 5.32 Å². The third-order valence-electron chi connectivity index (χ3n) is 3.46. The lowest BCUT2D eigenvalue weighted by Gasteiger charge is -2.34. The SMILES string of the molecule is CCC1C(=O)NCCN1C(=O)COc1ccc(OC)cc1. The highest BCUT2D eigenvalue weighted by Gasteiger charge is 2.31. The molecule has 114 valence electrons. The molecule has 1 saturated heterocycles. The van der Waals surface area contributed by atoms with Crippen LogP contribution in [-0.4, -0.2) is 49.6 Å². The smallest absolute Gasteiger partial charge is 0.261 e. The molecule has 1 atom stereocenters. The normalized spacial score (nSPS) is 18.1. The van der Waals surface area contributed by atoms with E-state index < -0.39 is 6.04 Å². The number of piperazine rings is 1. The highest BCUT2D eigenvalue weighted by atomic mass is 16.5. The predicted molar refractivity (Wildman–Crippen MR) is 77.3 cm³/mol. The van der Waals surface area contributed by atoms with Crippen LogP contribution in [0.2, 0.25) is 0 Å². The number of nitrogens with one attached hydrogen (secondary N) is 1. The molecule has 0 saturated carbocycles. The summed E-state index contributed by atoms with van der Waals surface area (Å²) in [6, 6.07) is 6.62. The maximum Gasteiger partial charge on any atom is 0.261 e. The highest BCUT2D eigenvalue weighted by Crippen LogP contribution is 2.17. The predicted octanol–water partition coefficient (Wildman–Crippen LogP) is 0.811. The monoisotopic (exact) mass is 292 g/mol.